The molecule has 0 saturated carbocycles. The molecule has 0 atom stereocenters. The minimum absolute atomic E-state index is 0.170. The number of unbranched alkanes of at least 4 members (excludes halogenated alkanes) is 5. The van der Waals surface area contributed by atoms with Crippen LogP contribution in [0.2, 0.25) is 0 Å². The van der Waals surface area contributed by atoms with Gasteiger partial charge in [0.1, 0.15) is 12.4 Å². The zero-order valence-electron chi connectivity index (χ0n) is 17.2. The van der Waals surface area contributed by atoms with Gasteiger partial charge in [-0.1, -0.05) is 63.0 Å². The highest BCUT2D eigenvalue weighted by atomic mass is 16.5. The molecular formula is C26H29NO2. The van der Waals surface area contributed by atoms with Gasteiger partial charge in [0, 0.05) is 11.8 Å². The van der Waals surface area contributed by atoms with E-state index in [0.717, 1.165) is 35.6 Å². The normalized spacial score (nSPS) is 10.1. The van der Waals surface area contributed by atoms with Crippen LogP contribution in [-0.4, -0.2) is 24.5 Å². The first kappa shape index (κ1) is 22.3. The number of benzene rings is 2. The Balaban J connectivity index is 1.77. The van der Waals surface area contributed by atoms with Gasteiger partial charge in [0.2, 0.25) is 0 Å². The molecule has 0 aliphatic carbocycles. The molecule has 1 N–H and O–H groups in total. The van der Waals surface area contributed by atoms with E-state index in [0.29, 0.717) is 0 Å². The van der Waals surface area contributed by atoms with Gasteiger partial charge in [-0.3, -0.25) is 4.99 Å². The number of aliphatic hydroxyl groups is 1. The summed E-state index contributed by atoms with van der Waals surface area (Å²) in [6.45, 7) is 2.84. The highest BCUT2D eigenvalue weighted by Crippen LogP contribution is 2.18. The molecule has 0 fully saturated rings. The van der Waals surface area contributed by atoms with Crippen LogP contribution in [-0.2, 0) is 0 Å². The average molecular weight is 388 g/mol. The molecule has 0 spiro atoms. The number of aliphatic imine (C=N–C) groups is 1. The Morgan fingerprint density at radius 2 is 1.62 bits per heavy atom. The van der Waals surface area contributed by atoms with E-state index in [1.54, 1.807) is 0 Å². The minimum Gasteiger partial charge on any atom is -0.494 e. The van der Waals surface area contributed by atoms with E-state index in [1.807, 2.05) is 54.7 Å². The first-order chi connectivity index (χ1) is 14.3. The largest absolute Gasteiger partial charge is 0.494 e. The van der Waals surface area contributed by atoms with Crippen molar-refractivity contribution < 1.29 is 9.84 Å². The quantitative estimate of drug-likeness (QED) is 0.331. The van der Waals surface area contributed by atoms with Gasteiger partial charge in [0.15, 0.2) is 0 Å². The zero-order chi connectivity index (χ0) is 20.6. The summed E-state index contributed by atoms with van der Waals surface area (Å²) in [5.74, 6) is 11.6. The Labute approximate surface area is 174 Å². The molecule has 2 aromatic rings. The molecule has 0 aliphatic rings. The summed E-state index contributed by atoms with van der Waals surface area (Å²) in [6.07, 6.45) is 9.43. The molecule has 0 amide bonds. The van der Waals surface area contributed by atoms with Crippen molar-refractivity contribution in [1.82, 2.24) is 0 Å². The van der Waals surface area contributed by atoms with E-state index in [-0.39, 0.29) is 6.61 Å². The molecule has 0 aromatic heterocycles. The van der Waals surface area contributed by atoms with Crippen molar-refractivity contribution in [1.29, 1.82) is 0 Å². The van der Waals surface area contributed by atoms with Gasteiger partial charge < -0.3 is 9.84 Å². The number of rotatable bonds is 10. The fraction of sp³-hybridized carbons (Fsp3) is 0.346. The summed E-state index contributed by atoms with van der Waals surface area (Å²) in [7, 11) is 0. The summed E-state index contributed by atoms with van der Waals surface area (Å²) in [6, 6.07) is 15.6. The van der Waals surface area contributed by atoms with Crippen LogP contribution in [0.15, 0.2) is 53.5 Å². The molecule has 29 heavy (non-hydrogen) atoms. The average Bonchev–Trinajstić information content (AvgIpc) is 2.76. The Hall–Kier alpha value is -3.01. The van der Waals surface area contributed by atoms with Gasteiger partial charge in [-0.15, -0.1) is 0 Å². The molecule has 0 bridgehead atoms. The van der Waals surface area contributed by atoms with Crippen LogP contribution in [0, 0.1) is 23.7 Å². The van der Waals surface area contributed by atoms with Gasteiger partial charge in [0.25, 0.3) is 0 Å². The third kappa shape index (κ3) is 9.65. The number of hydrogen-bond donors (Lipinski definition) is 1. The van der Waals surface area contributed by atoms with Crippen molar-refractivity contribution in [2.24, 2.45) is 4.99 Å². The second-order valence-corrected chi connectivity index (χ2v) is 6.70. The Morgan fingerprint density at radius 3 is 2.34 bits per heavy atom. The van der Waals surface area contributed by atoms with Crippen molar-refractivity contribution in [2.45, 2.75) is 45.4 Å². The number of aliphatic hydroxyl groups excluding tert-OH is 1. The highest BCUT2D eigenvalue weighted by molar-refractivity contribution is 5.82. The van der Waals surface area contributed by atoms with Crippen LogP contribution < -0.4 is 4.74 Å². The fourth-order valence-corrected chi connectivity index (χ4v) is 2.69. The van der Waals surface area contributed by atoms with Gasteiger partial charge >= 0.3 is 0 Å². The van der Waals surface area contributed by atoms with Crippen molar-refractivity contribution >= 4 is 11.9 Å². The minimum atomic E-state index is -0.170. The van der Waals surface area contributed by atoms with Crippen LogP contribution in [0.5, 0.6) is 5.75 Å². The fourth-order valence-electron chi connectivity index (χ4n) is 2.69. The van der Waals surface area contributed by atoms with E-state index >= 15 is 0 Å². The Kier molecular flexibility index (Phi) is 10.8. The smallest absolute Gasteiger partial charge is 0.119 e. The number of nitrogens with zero attached hydrogens (tertiary/aromatic N) is 1. The molecule has 0 aliphatic heterocycles. The summed E-state index contributed by atoms with van der Waals surface area (Å²) in [5, 5.41) is 8.59. The monoisotopic (exact) mass is 387 g/mol. The lowest BCUT2D eigenvalue weighted by molar-refractivity contribution is 0.304. The molecule has 0 unspecified atom stereocenters. The van der Waals surface area contributed by atoms with E-state index in [1.165, 1.54) is 32.1 Å². The highest BCUT2D eigenvalue weighted by Gasteiger charge is 1.96. The maximum absolute atomic E-state index is 8.59. The van der Waals surface area contributed by atoms with E-state index < -0.39 is 0 Å². The van der Waals surface area contributed by atoms with Gasteiger partial charge in [-0.2, -0.15) is 0 Å². The standard InChI is InChI=1S/C26H29NO2/c1-2-3-4-5-6-10-21-29-26-18-16-25(17-19-26)27-22-24-14-12-23(13-15-24)11-8-7-9-20-28/h12-19,22,28H,2-6,10,20-21H2,1H3/b27-22+. The molecule has 3 nitrogen and oxygen atoms in total. The molecule has 0 radical (unpaired) electrons. The maximum Gasteiger partial charge on any atom is 0.119 e. The van der Waals surface area contributed by atoms with Crippen LogP contribution >= 0.6 is 0 Å². The first-order valence-corrected chi connectivity index (χ1v) is 10.3. The summed E-state index contributed by atoms with van der Waals surface area (Å²) < 4.78 is 5.80. The predicted molar refractivity (Wildman–Crippen MR) is 121 cm³/mol. The van der Waals surface area contributed by atoms with Gasteiger partial charge in [0.05, 0.1) is 12.3 Å². The van der Waals surface area contributed by atoms with Gasteiger partial charge in [-0.05, 0) is 60.2 Å². The summed E-state index contributed by atoms with van der Waals surface area (Å²) >= 11 is 0. The van der Waals surface area contributed by atoms with Crippen LogP contribution in [0.4, 0.5) is 5.69 Å². The number of ether oxygens (including phenoxy) is 1. The van der Waals surface area contributed by atoms with Gasteiger partial charge in [-0.25, -0.2) is 0 Å². The van der Waals surface area contributed by atoms with Crippen molar-refractivity contribution in [2.75, 3.05) is 13.2 Å². The van der Waals surface area contributed by atoms with E-state index in [2.05, 4.69) is 35.6 Å². The SMILES string of the molecule is CCCCCCCCOc1ccc(/N=C/c2ccc(C#CC#CCO)cc2)cc1. The topological polar surface area (TPSA) is 41.8 Å². The van der Waals surface area contributed by atoms with Crippen molar-refractivity contribution in [3.63, 3.8) is 0 Å². The molecular weight excluding hydrogens is 358 g/mol. The van der Waals surface area contributed by atoms with E-state index in [9.17, 15) is 0 Å². The lowest BCUT2D eigenvalue weighted by Gasteiger charge is -2.06. The predicted octanol–water partition coefficient (Wildman–Crippen LogP) is 5.52. The lowest BCUT2D eigenvalue weighted by atomic mass is 10.1. The van der Waals surface area contributed by atoms with E-state index in [4.69, 9.17) is 9.84 Å². The Bertz CT molecular complexity index is 859. The molecule has 0 saturated heterocycles. The molecule has 0 heterocycles. The maximum atomic E-state index is 8.59. The zero-order valence-corrected chi connectivity index (χ0v) is 17.2. The van der Waals surface area contributed by atoms with Crippen LogP contribution in [0.1, 0.15) is 56.6 Å². The molecule has 150 valence electrons. The second kappa shape index (κ2) is 14.1. The molecule has 2 aromatic carbocycles. The van der Waals surface area contributed by atoms with Crippen LogP contribution in [0.25, 0.3) is 0 Å². The van der Waals surface area contributed by atoms with Crippen molar-refractivity contribution in [3.8, 4) is 29.4 Å². The second-order valence-electron chi connectivity index (χ2n) is 6.70. The third-order valence-electron chi connectivity index (χ3n) is 4.31. The summed E-state index contributed by atoms with van der Waals surface area (Å²) in [4.78, 5) is 4.51. The summed E-state index contributed by atoms with van der Waals surface area (Å²) in [5.41, 5.74) is 2.77. The third-order valence-corrected chi connectivity index (χ3v) is 4.31. The van der Waals surface area contributed by atoms with Crippen LogP contribution in [0.3, 0.4) is 0 Å². The number of hydrogen-bond acceptors (Lipinski definition) is 3. The molecule has 2 rings (SSSR count). The Morgan fingerprint density at radius 1 is 0.897 bits per heavy atom. The van der Waals surface area contributed by atoms with Crippen molar-refractivity contribution in [3.05, 3.63) is 59.7 Å². The first-order valence-electron chi connectivity index (χ1n) is 10.3. The lowest BCUT2D eigenvalue weighted by Crippen LogP contribution is -1.96. The molecule has 3 heteroatoms.